The molecule has 0 aliphatic rings. The molecule has 0 spiro atoms. The Morgan fingerprint density at radius 2 is 1.79 bits per heavy atom. The van der Waals surface area contributed by atoms with Crippen molar-refractivity contribution in [2.45, 2.75) is 20.8 Å². The van der Waals surface area contributed by atoms with E-state index < -0.39 is 0 Å². The van der Waals surface area contributed by atoms with Crippen LogP contribution in [0.2, 0.25) is 0 Å². The second-order valence-electron chi connectivity index (χ2n) is 4.40. The van der Waals surface area contributed by atoms with Gasteiger partial charge in [-0.1, -0.05) is 18.2 Å². The third-order valence-electron chi connectivity index (χ3n) is 3.11. The molecule has 0 aliphatic carbocycles. The molecule has 0 unspecified atom stereocenters. The van der Waals surface area contributed by atoms with Gasteiger partial charge in [0.15, 0.2) is 0 Å². The van der Waals surface area contributed by atoms with Crippen molar-refractivity contribution in [2.75, 3.05) is 23.8 Å². The lowest BCUT2D eigenvalue weighted by Gasteiger charge is -2.25. The van der Waals surface area contributed by atoms with Crippen LogP contribution in [0, 0.1) is 13.8 Å². The summed E-state index contributed by atoms with van der Waals surface area (Å²) in [5, 5.41) is 3.13. The van der Waals surface area contributed by atoms with E-state index in [4.69, 9.17) is 0 Å². The molecule has 0 fully saturated rings. The van der Waals surface area contributed by atoms with Crippen molar-refractivity contribution >= 4 is 17.3 Å². The van der Waals surface area contributed by atoms with E-state index in [-0.39, 0.29) is 0 Å². The minimum absolute atomic E-state index is 0.777. The van der Waals surface area contributed by atoms with Gasteiger partial charge in [0.1, 0.15) is 17.5 Å². The molecule has 2 rings (SSSR count). The standard InChI is InChI=1S/C15H20N4/c1-5-19(13-9-7-6-8-10-13)15-11(2)14(16-4)17-12(3)18-15/h6-10H,5H2,1-4H3,(H,16,17,18). The average Bonchev–Trinajstić information content (AvgIpc) is 2.44. The Kier molecular flexibility index (Phi) is 4.00. The van der Waals surface area contributed by atoms with Gasteiger partial charge in [-0.3, -0.25) is 0 Å². The highest BCUT2D eigenvalue weighted by molar-refractivity contribution is 5.67. The Hall–Kier alpha value is -2.10. The molecule has 0 saturated heterocycles. The summed E-state index contributed by atoms with van der Waals surface area (Å²) in [5.41, 5.74) is 2.21. The number of aromatic nitrogens is 2. The maximum absolute atomic E-state index is 4.60. The number of rotatable bonds is 4. The van der Waals surface area contributed by atoms with Crippen LogP contribution in [0.5, 0.6) is 0 Å². The predicted octanol–water partition coefficient (Wildman–Crippen LogP) is 3.29. The van der Waals surface area contributed by atoms with E-state index in [1.54, 1.807) is 0 Å². The lowest BCUT2D eigenvalue weighted by atomic mass is 10.2. The van der Waals surface area contributed by atoms with E-state index in [0.717, 1.165) is 35.3 Å². The topological polar surface area (TPSA) is 41.1 Å². The van der Waals surface area contributed by atoms with Crippen molar-refractivity contribution in [1.29, 1.82) is 0 Å². The molecular weight excluding hydrogens is 236 g/mol. The lowest BCUT2D eigenvalue weighted by Crippen LogP contribution is -2.20. The van der Waals surface area contributed by atoms with Crippen LogP contribution in [0.15, 0.2) is 30.3 Å². The van der Waals surface area contributed by atoms with Crippen LogP contribution in [0.4, 0.5) is 17.3 Å². The molecule has 4 heteroatoms. The summed E-state index contributed by atoms with van der Waals surface area (Å²) >= 11 is 0. The molecular formula is C15H20N4. The van der Waals surface area contributed by atoms with Crippen molar-refractivity contribution in [3.63, 3.8) is 0 Å². The lowest BCUT2D eigenvalue weighted by molar-refractivity contribution is 0.938. The van der Waals surface area contributed by atoms with Crippen molar-refractivity contribution in [2.24, 2.45) is 0 Å². The number of hydrogen-bond acceptors (Lipinski definition) is 4. The number of nitrogens with one attached hydrogen (secondary N) is 1. The number of aryl methyl sites for hydroxylation is 1. The molecule has 0 amide bonds. The van der Waals surface area contributed by atoms with E-state index in [1.807, 2.05) is 39.1 Å². The fourth-order valence-corrected chi connectivity index (χ4v) is 2.18. The van der Waals surface area contributed by atoms with Gasteiger partial charge in [-0.15, -0.1) is 0 Å². The SMILES string of the molecule is CCN(c1ccccc1)c1nc(C)nc(NC)c1C. The largest absolute Gasteiger partial charge is 0.373 e. The molecule has 0 saturated carbocycles. The molecule has 2 aromatic rings. The van der Waals surface area contributed by atoms with E-state index in [0.29, 0.717) is 0 Å². The third-order valence-corrected chi connectivity index (χ3v) is 3.11. The first-order chi connectivity index (χ1) is 9.17. The zero-order valence-electron chi connectivity index (χ0n) is 11.9. The molecule has 0 bridgehead atoms. The van der Waals surface area contributed by atoms with E-state index in [9.17, 15) is 0 Å². The zero-order valence-corrected chi connectivity index (χ0v) is 11.9. The molecule has 1 N–H and O–H groups in total. The highest BCUT2D eigenvalue weighted by atomic mass is 15.2. The van der Waals surface area contributed by atoms with Crippen molar-refractivity contribution < 1.29 is 0 Å². The molecule has 19 heavy (non-hydrogen) atoms. The highest BCUT2D eigenvalue weighted by Gasteiger charge is 2.15. The maximum Gasteiger partial charge on any atom is 0.141 e. The Balaban J connectivity index is 2.53. The van der Waals surface area contributed by atoms with Gasteiger partial charge in [0.2, 0.25) is 0 Å². The number of hydrogen-bond donors (Lipinski definition) is 1. The van der Waals surface area contributed by atoms with Gasteiger partial charge in [0.05, 0.1) is 0 Å². The highest BCUT2D eigenvalue weighted by Crippen LogP contribution is 2.29. The first-order valence-corrected chi connectivity index (χ1v) is 6.53. The fraction of sp³-hybridized carbons (Fsp3) is 0.333. The molecule has 1 aromatic heterocycles. The van der Waals surface area contributed by atoms with Gasteiger partial charge in [-0.05, 0) is 32.9 Å². The van der Waals surface area contributed by atoms with Crippen LogP contribution in [-0.2, 0) is 0 Å². The molecule has 0 aliphatic heterocycles. The number of anilines is 3. The van der Waals surface area contributed by atoms with Gasteiger partial charge < -0.3 is 10.2 Å². The van der Waals surface area contributed by atoms with Gasteiger partial charge >= 0.3 is 0 Å². The van der Waals surface area contributed by atoms with E-state index in [1.165, 1.54) is 0 Å². The summed E-state index contributed by atoms with van der Waals surface area (Å²) in [5.74, 6) is 2.63. The molecule has 0 radical (unpaired) electrons. The van der Waals surface area contributed by atoms with Gasteiger partial charge in [0, 0.05) is 24.8 Å². The number of benzene rings is 1. The fourth-order valence-electron chi connectivity index (χ4n) is 2.18. The first kappa shape index (κ1) is 13.3. The van der Waals surface area contributed by atoms with Gasteiger partial charge in [-0.2, -0.15) is 0 Å². The van der Waals surface area contributed by atoms with E-state index >= 15 is 0 Å². The van der Waals surface area contributed by atoms with Crippen molar-refractivity contribution in [3.05, 3.63) is 41.7 Å². The van der Waals surface area contributed by atoms with Crippen LogP contribution in [0.1, 0.15) is 18.3 Å². The monoisotopic (exact) mass is 256 g/mol. The second-order valence-corrected chi connectivity index (χ2v) is 4.40. The van der Waals surface area contributed by atoms with Crippen LogP contribution < -0.4 is 10.2 Å². The summed E-state index contributed by atoms with van der Waals surface area (Å²) in [6.45, 7) is 6.96. The quantitative estimate of drug-likeness (QED) is 0.911. The smallest absolute Gasteiger partial charge is 0.141 e. The number of para-hydroxylation sites is 1. The minimum Gasteiger partial charge on any atom is -0.373 e. The molecule has 100 valence electrons. The minimum atomic E-state index is 0.777. The van der Waals surface area contributed by atoms with Crippen LogP contribution >= 0.6 is 0 Å². The van der Waals surface area contributed by atoms with Crippen molar-refractivity contribution in [3.8, 4) is 0 Å². The zero-order chi connectivity index (χ0) is 13.8. The summed E-state index contributed by atoms with van der Waals surface area (Å²) in [7, 11) is 1.89. The molecule has 0 atom stereocenters. The van der Waals surface area contributed by atoms with Gasteiger partial charge in [0.25, 0.3) is 0 Å². The summed E-state index contributed by atoms with van der Waals surface area (Å²) in [4.78, 5) is 11.2. The molecule has 4 nitrogen and oxygen atoms in total. The second kappa shape index (κ2) is 5.69. The summed E-state index contributed by atoms with van der Waals surface area (Å²) < 4.78 is 0. The molecule has 1 aromatic carbocycles. The predicted molar refractivity (Wildman–Crippen MR) is 80.2 cm³/mol. The van der Waals surface area contributed by atoms with E-state index in [2.05, 4.69) is 39.2 Å². The summed E-state index contributed by atoms with van der Waals surface area (Å²) in [6, 6.07) is 10.3. The normalized spacial score (nSPS) is 10.3. The van der Waals surface area contributed by atoms with Gasteiger partial charge in [-0.25, -0.2) is 9.97 Å². The Labute approximate surface area is 114 Å². The van der Waals surface area contributed by atoms with Crippen LogP contribution in [0.3, 0.4) is 0 Å². The van der Waals surface area contributed by atoms with Crippen LogP contribution in [0.25, 0.3) is 0 Å². The number of nitrogens with zero attached hydrogens (tertiary/aromatic N) is 3. The maximum atomic E-state index is 4.60. The Bertz CT molecular complexity index is 552. The Morgan fingerprint density at radius 3 is 2.37 bits per heavy atom. The Morgan fingerprint density at radius 1 is 1.11 bits per heavy atom. The van der Waals surface area contributed by atoms with Crippen molar-refractivity contribution in [1.82, 2.24) is 9.97 Å². The third kappa shape index (κ3) is 2.67. The van der Waals surface area contributed by atoms with Crippen LogP contribution in [-0.4, -0.2) is 23.6 Å². The summed E-state index contributed by atoms with van der Waals surface area (Å²) in [6.07, 6.45) is 0. The molecule has 1 heterocycles. The average molecular weight is 256 g/mol. The first-order valence-electron chi connectivity index (χ1n) is 6.53.